The van der Waals surface area contributed by atoms with E-state index in [1.165, 1.54) is 0 Å². The first kappa shape index (κ1) is 24.0. The molecular formula is C26H36N6O2. The summed E-state index contributed by atoms with van der Waals surface area (Å²) < 4.78 is 11.1. The fourth-order valence-corrected chi connectivity index (χ4v) is 4.37. The second kappa shape index (κ2) is 10.4. The number of anilines is 2. The van der Waals surface area contributed by atoms with Crippen LogP contribution >= 0.6 is 0 Å². The molecule has 0 bridgehead atoms. The van der Waals surface area contributed by atoms with E-state index in [2.05, 4.69) is 72.9 Å². The molecule has 2 N–H and O–H groups in total. The molecule has 2 unspecified atom stereocenters. The first-order chi connectivity index (χ1) is 16.4. The maximum Gasteiger partial charge on any atom is 0.134 e. The lowest BCUT2D eigenvalue weighted by Gasteiger charge is -2.35. The van der Waals surface area contributed by atoms with Crippen molar-refractivity contribution in [2.45, 2.75) is 5.92 Å². The number of rotatable bonds is 9. The molecule has 0 fully saturated rings. The second-order valence-corrected chi connectivity index (χ2v) is 9.24. The molecule has 34 heavy (non-hydrogen) atoms. The van der Waals surface area contributed by atoms with Crippen LogP contribution in [0.2, 0.25) is 0 Å². The quantitative estimate of drug-likeness (QED) is 0.589. The first-order valence-electron chi connectivity index (χ1n) is 11.7. The van der Waals surface area contributed by atoms with Gasteiger partial charge in [0.25, 0.3) is 0 Å². The van der Waals surface area contributed by atoms with Gasteiger partial charge in [-0.25, -0.2) is 4.98 Å². The zero-order chi connectivity index (χ0) is 24.2. The lowest BCUT2D eigenvalue weighted by atomic mass is 9.80. The highest BCUT2D eigenvalue weighted by molar-refractivity contribution is 6.11. The van der Waals surface area contributed by atoms with Gasteiger partial charge in [-0.2, -0.15) is 0 Å². The summed E-state index contributed by atoms with van der Waals surface area (Å²) >= 11 is 0. The van der Waals surface area contributed by atoms with Crippen LogP contribution in [-0.2, 0) is 4.74 Å². The summed E-state index contributed by atoms with van der Waals surface area (Å²) in [6.07, 6.45) is 6.37. The number of amidine groups is 1. The van der Waals surface area contributed by atoms with Crippen molar-refractivity contribution in [2.75, 3.05) is 79.2 Å². The molecule has 4 rings (SSSR count). The van der Waals surface area contributed by atoms with Gasteiger partial charge in [-0.1, -0.05) is 6.08 Å². The molecule has 0 amide bonds. The van der Waals surface area contributed by atoms with E-state index in [4.69, 9.17) is 19.5 Å². The molecule has 182 valence electrons. The number of nitrogens with zero attached hydrogens (tertiary/aromatic N) is 4. The second-order valence-electron chi connectivity index (χ2n) is 9.24. The van der Waals surface area contributed by atoms with E-state index in [1.807, 2.05) is 12.1 Å². The van der Waals surface area contributed by atoms with Gasteiger partial charge in [0.2, 0.25) is 0 Å². The molecule has 1 aromatic carbocycles. The van der Waals surface area contributed by atoms with Crippen molar-refractivity contribution >= 4 is 28.1 Å². The number of hydrogen-bond acceptors (Lipinski definition) is 7. The lowest BCUT2D eigenvalue weighted by molar-refractivity contribution is 0.300. The van der Waals surface area contributed by atoms with Crippen LogP contribution in [-0.4, -0.2) is 89.2 Å². The summed E-state index contributed by atoms with van der Waals surface area (Å²) in [5, 5.41) is 9.35. The van der Waals surface area contributed by atoms with E-state index in [0.717, 1.165) is 71.5 Å². The van der Waals surface area contributed by atoms with Gasteiger partial charge in [0.05, 0.1) is 38.1 Å². The normalized spacial score (nSPS) is 20.2. The smallest absolute Gasteiger partial charge is 0.134 e. The minimum absolute atomic E-state index is 0.0486. The van der Waals surface area contributed by atoms with E-state index >= 15 is 0 Å². The molecule has 0 saturated carbocycles. The van der Waals surface area contributed by atoms with Crippen molar-refractivity contribution in [1.82, 2.24) is 14.8 Å². The maximum absolute atomic E-state index is 5.55. The Bertz CT molecular complexity index is 1120. The summed E-state index contributed by atoms with van der Waals surface area (Å²) in [6, 6.07) is 6.17. The first-order valence-corrected chi connectivity index (χ1v) is 11.7. The molecule has 1 aromatic heterocycles. The predicted octanol–water partition coefficient (Wildman–Crippen LogP) is 3.40. The number of allylic oxidation sites excluding steroid dienone is 2. The molecule has 2 atom stereocenters. The minimum atomic E-state index is 0.0486. The number of methoxy groups -OCH3 is 2. The number of hydrogen-bond donors (Lipinski definition) is 2. The third-order valence-corrected chi connectivity index (χ3v) is 6.24. The number of benzene rings is 1. The van der Waals surface area contributed by atoms with Crippen LogP contribution in [0.5, 0.6) is 5.75 Å². The molecule has 2 heterocycles. The van der Waals surface area contributed by atoms with Crippen molar-refractivity contribution in [3.8, 4) is 5.75 Å². The van der Waals surface area contributed by atoms with Crippen LogP contribution in [0.15, 0.2) is 47.2 Å². The lowest BCUT2D eigenvalue weighted by Crippen LogP contribution is -2.35. The van der Waals surface area contributed by atoms with E-state index in [9.17, 15) is 0 Å². The monoisotopic (exact) mass is 464 g/mol. The zero-order valence-electron chi connectivity index (χ0n) is 21.1. The number of likely N-dealkylation sites (N-methyl/N-ethyl adjacent to an activating group) is 2. The number of nitrogens with one attached hydrogen (secondary N) is 2. The average molecular weight is 465 g/mol. The van der Waals surface area contributed by atoms with Gasteiger partial charge in [0.15, 0.2) is 0 Å². The van der Waals surface area contributed by atoms with Crippen LogP contribution in [0.25, 0.3) is 10.8 Å². The van der Waals surface area contributed by atoms with Crippen molar-refractivity contribution < 1.29 is 9.47 Å². The van der Waals surface area contributed by atoms with E-state index < -0.39 is 0 Å². The molecule has 2 aromatic rings. The van der Waals surface area contributed by atoms with E-state index in [1.54, 1.807) is 14.2 Å². The molecule has 8 heteroatoms. The largest absolute Gasteiger partial charge is 0.497 e. The Hall–Kier alpha value is -3.10. The van der Waals surface area contributed by atoms with Gasteiger partial charge in [0, 0.05) is 36.3 Å². The molecule has 1 aliphatic heterocycles. The van der Waals surface area contributed by atoms with Gasteiger partial charge in [-0.3, -0.25) is 4.99 Å². The zero-order valence-corrected chi connectivity index (χ0v) is 21.1. The van der Waals surface area contributed by atoms with E-state index in [0.29, 0.717) is 0 Å². The third kappa shape index (κ3) is 5.03. The maximum atomic E-state index is 5.55. The van der Waals surface area contributed by atoms with Gasteiger partial charge in [-0.05, 0) is 58.5 Å². The van der Waals surface area contributed by atoms with Gasteiger partial charge in [0.1, 0.15) is 23.2 Å². The summed E-state index contributed by atoms with van der Waals surface area (Å²) in [6.45, 7) is 3.32. The Labute approximate surface area is 202 Å². The van der Waals surface area contributed by atoms with Gasteiger partial charge < -0.3 is 29.9 Å². The molecule has 0 saturated heterocycles. The highest BCUT2D eigenvalue weighted by atomic mass is 16.5. The highest BCUT2D eigenvalue weighted by Crippen LogP contribution is 2.45. The van der Waals surface area contributed by atoms with Crippen molar-refractivity contribution in [3.05, 3.63) is 47.9 Å². The topological polar surface area (TPSA) is 74.2 Å². The Kier molecular flexibility index (Phi) is 7.38. The minimum Gasteiger partial charge on any atom is -0.497 e. The number of aliphatic imine (C=N–C) groups is 1. The van der Waals surface area contributed by atoms with E-state index in [-0.39, 0.29) is 11.8 Å². The number of aromatic nitrogens is 1. The number of pyridine rings is 1. The summed E-state index contributed by atoms with van der Waals surface area (Å²) in [4.78, 5) is 14.4. The van der Waals surface area contributed by atoms with Gasteiger partial charge >= 0.3 is 0 Å². The van der Waals surface area contributed by atoms with Crippen molar-refractivity contribution in [2.24, 2.45) is 10.9 Å². The Balaban J connectivity index is 1.82. The molecular weight excluding hydrogens is 428 g/mol. The molecule has 0 radical (unpaired) electrons. The fourth-order valence-electron chi connectivity index (χ4n) is 4.37. The number of ether oxygens (including phenoxy) is 2. The molecule has 1 aliphatic carbocycles. The van der Waals surface area contributed by atoms with Crippen LogP contribution < -0.4 is 15.4 Å². The molecule has 8 nitrogen and oxygen atoms in total. The molecule has 2 aliphatic rings. The van der Waals surface area contributed by atoms with Crippen LogP contribution in [0.1, 0.15) is 11.6 Å². The van der Waals surface area contributed by atoms with Crippen LogP contribution in [0.4, 0.5) is 11.5 Å². The average Bonchev–Trinajstić information content (AvgIpc) is 2.83. The van der Waals surface area contributed by atoms with Crippen LogP contribution in [0.3, 0.4) is 0 Å². The van der Waals surface area contributed by atoms with Gasteiger partial charge in [-0.15, -0.1) is 0 Å². The van der Waals surface area contributed by atoms with Crippen LogP contribution in [0, 0.1) is 5.92 Å². The number of fused-ring (bicyclic) bond motifs is 5. The summed E-state index contributed by atoms with van der Waals surface area (Å²) in [5.74, 6) is 3.61. The van der Waals surface area contributed by atoms with Crippen molar-refractivity contribution in [3.63, 3.8) is 0 Å². The summed E-state index contributed by atoms with van der Waals surface area (Å²) in [5.41, 5.74) is 2.03. The third-order valence-electron chi connectivity index (χ3n) is 6.24. The Morgan fingerprint density at radius 1 is 1.03 bits per heavy atom. The molecule has 0 spiro atoms. The standard InChI is InChI=1S/C26H36N6O2/c1-31(2)13-11-27-25-21-15-17(33-5)7-9-19(21)24-23(29-25)20-10-8-18(34-6)16-22(20)26(30-24)28-12-14-32(3)4/h7-10,15-16,19,21H,11-14H2,1-6H3,(H,27,29)(H,28,30). The Morgan fingerprint density at radius 2 is 1.82 bits per heavy atom. The highest BCUT2D eigenvalue weighted by Gasteiger charge is 2.36. The SMILES string of the molecule is COC1=CC2C(=NCCN(C)C)Nc3c(nc(NCCN(C)C)c4cc(OC)ccc34)C2C=C1. The summed E-state index contributed by atoms with van der Waals surface area (Å²) in [7, 11) is 11.7. The van der Waals surface area contributed by atoms with Crippen molar-refractivity contribution in [1.29, 1.82) is 0 Å². The predicted molar refractivity (Wildman–Crippen MR) is 140 cm³/mol. The Morgan fingerprint density at radius 3 is 2.53 bits per heavy atom. The fraction of sp³-hybridized carbons (Fsp3) is 0.462.